The fourth-order valence-electron chi connectivity index (χ4n) is 8.59. The van der Waals surface area contributed by atoms with Gasteiger partial charge < -0.3 is 4.90 Å². The zero-order chi connectivity index (χ0) is 35.5. The molecule has 0 fully saturated rings. The highest BCUT2D eigenvalue weighted by Crippen LogP contribution is 2.54. The molecule has 2 heteroatoms. The van der Waals surface area contributed by atoms with Crippen molar-refractivity contribution in [1.82, 2.24) is 0 Å². The molecule has 1 heterocycles. The number of benzene rings is 8. The number of thiophene rings is 1. The maximum atomic E-state index is 2.51. The van der Waals surface area contributed by atoms with E-state index in [1.54, 1.807) is 0 Å². The third-order valence-corrected chi connectivity index (χ3v) is 12.3. The zero-order valence-electron chi connectivity index (χ0n) is 29.8. The lowest BCUT2D eigenvalue weighted by molar-refractivity contribution is 0.660. The summed E-state index contributed by atoms with van der Waals surface area (Å²) in [7, 11) is 0. The van der Waals surface area contributed by atoms with Crippen LogP contribution in [0.5, 0.6) is 0 Å². The summed E-state index contributed by atoms with van der Waals surface area (Å²) in [6.07, 6.45) is 0. The maximum absolute atomic E-state index is 2.51. The summed E-state index contributed by atoms with van der Waals surface area (Å²) in [5.74, 6) is 0. The van der Waals surface area contributed by atoms with Crippen LogP contribution in [0.3, 0.4) is 0 Å². The lowest BCUT2D eigenvalue weighted by Gasteiger charge is -2.30. The van der Waals surface area contributed by atoms with Crippen molar-refractivity contribution >= 4 is 48.6 Å². The smallest absolute Gasteiger partial charge is 0.0640 e. The third kappa shape index (κ3) is 5.05. The van der Waals surface area contributed by atoms with Gasteiger partial charge in [-0.2, -0.15) is 0 Å². The van der Waals surface area contributed by atoms with Gasteiger partial charge in [0.2, 0.25) is 0 Å². The average Bonchev–Trinajstić information content (AvgIpc) is 3.72. The lowest BCUT2D eigenvalue weighted by atomic mass is 9.82. The van der Waals surface area contributed by atoms with Crippen molar-refractivity contribution in [2.45, 2.75) is 19.3 Å². The van der Waals surface area contributed by atoms with Gasteiger partial charge in [0.1, 0.15) is 0 Å². The molecule has 10 rings (SSSR count). The molecule has 0 unspecified atom stereocenters. The fraction of sp³-hybridized carbons (Fsp3) is 0.0588. The summed E-state index contributed by atoms with van der Waals surface area (Å²) >= 11 is 1.88. The van der Waals surface area contributed by atoms with Crippen molar-refractivity contribution in [3.8, 4) is 44.5 Å². The van der Waals surface area contributed by atoms with Gasteiger partial charge in [0.25, 0.3) is 0 Å². The van der Waals surface area contributed by atoms with Crippen molar-refractivity contribution < 1.29 is 0 Å². The molecule has 0 spiro atoms. The molecule has 1 aromatic heterocycles. The summed E-state index contributed by atoms with van der Waals surface area (Å²) in [4.78, 5) is 2.51. The van der Waals surface area contributed by atoms with E-state index in [9.17, 15) is 0 Å². The molecule has 0 radical (unpaired) electrons. The van der Waals surface area contributed by atoms with E-state index in [1.165, 1.54) is 81.5 Å². The number of hydrogen-bond acceptors (Lipinski definition) is 2. The van der Waals surface area contributed by atoms with Crippen molar-refractivity contribution in [2.24, 2.45) is 0 Å². The average molecular weight is 696 g/mol. The van der Waals surface area contributed by atoms with Gasteiger partial charge in [0.05, 0.1) is 16.1 Å². The van der Waals surface area contributed by atoms with Crippen LogP contribution in [-0.2, 0) is 5.41 Å². The molecule has 0 bridgehead atoms. The molecule has 1 aliphatic carbocycles. The van der Waals surface area contributed by atoms with Gasteiger partial charge in [-0.1, -0.05) is 172 Å². The first-order valence-electron chi connectivity index (χ1n) is 18.4. The summed E-state index contributed by atoms with van der Waals surface area (Å²) in [6, 6.07) is 69.1. The normalized spacial score (nSPS) is 12.9. The second-order valence-corrected chi connectivity index (χ2v) is 15.5. The summed E-state index contributed by atoms with van der Waals surface area (Å²) < 4.78 is 2.58. The van der Waals surface area contributed by atoms with E-state index in [2.05, 4.69) is 207 Å². The minimum absolute atomic E-state index is 0.0862. The zero-order valence-corrected chi connectivity index (χ0v) is 30.6. The number of fused-ring (bicyclic) bond motifs is 6. The minimum atomic E-state index is -0.0862. The molecule has 0 saturated heterocycles. The first kappa shape index (κ1) is 31.5. The molecule has 1 nitrogen and oxygen atoms in total. The Bertz CT molecular complexity index is 2810. The largest absolute Gasteiger partial charge is 0.308 e. The Morgan fingerprint density at radius 3 is 1.81 bits per heavy atom. The first-order valence-corrected chi connectivity index (χ1v) is 19.2. The minimum Gasteiger partial charge on any atom is -0.308 e. The van der Waals surface area contributed by atoms with Gasteiger partial charge in [-0.3, -0.25) is 0 Å². The Labute approximate surface area is 315 Å². The second-order valence-electron chi connectivity index (χ2n) is 14.5. The quantitative estimate of drug-likeness (QED) is 0.167. The van der Waals surface area contributed by atoms with E-state index in [4.69, 9.17) is 0 Å². The second kappa shape index (κ2) is 12.5. The topological polar surface area (TPSA) is 3.24 Å². The van der Waals surface area contributed by atoms with Gasteiger partial charge in [0.15, 0.2) is 0 Å². The lowest BCUT2D eigenvalue weighted by Crippen LogP contribution is -2.15. The van der Waals surface area contributed by atoms with Crippen LogP contribution in [-0.4, -0.2) is 0 Å². The summed E-state index contributed by atoms with van der Waals surface area (Å²) in [6.45, 7) is 4.72. The predicted molar refractivity (Wildman–Crippen MR) is 228 cm³/mol. The number of anilines is 3. The Morgan fingerprint density at radius 2 is 1.00 bits per heavy atom. The van der Waals surface area contributed by atoms with Gasteiger partial charge in [0, 0.05) is 32.1 Å². The van der Waals surface area contributed by atoms with E-state index in [-0.39, 0.29) is 5.41 Å². The molecule has 0 saturated carbocycles. The maximum Gasteiger partial charge on any atom is 0.0640 e. The van der Waals surface area contributed by atoms with Crippen LogP contribution >= 0.6 is 11.3 Å². The van der Waals surface area contributed by atoms with Crippen LogP contribution in [0.15, 0.2) is 188 Å². The Kier molecular flexibility index (Phi) is 7.42. The molecule has 252 valence electrons. The Balaban J connectivity index is 1.27. The Hall–Kier alpha value is -6.22. The van der Waals surface area contributed by atoms with E-state index in [1.807, 2.05) is 11.3 Å². The van der Waals surface area contributed by atoms with Crippen molar-refractivity contribution in [3.05, 3.63) is 199 Å². The molecule has 0 amide bonds. The molecule has 1 aliphatic rings. The van der Waals surface area contributed by atoms with Crippen molar-refractivity contribution in [3.63, 3.8) is 0 Å². The van der Waals surface area contributed by atoms with Crippen LogP contribution in [0.25, 0.3) is 64.7 Å². The van der Waals surface area contributed by atoms with Crippen LogP contribution in [0.1, 0.15) is 25.0 Å². The standard InChI is InChI=1S/C51H37NS/c1-51(2)44-26-12-9-23-42(44)49-40(24-15-27-45(49)51)38-21-10-13-28-46(38)52(47-29-16-25-41-39-22-11-14-30-48(39)53-50(41)47)36-31-32-37(34-17-5-3-6-18-34)43(33-36)35-19-7-4-8-20-35/h3-33H,1-2H3. The van der Waals surface area contributed by atoms with Crippen LogP contribution in [0.2, 0.25) is 0 Å². The van der Waals surface area contributed by atoms with Crippen molar-refractivity contribution in [1.29, 1.82) is 0 Å². The SMILES string of the molecule is CC1(C)c2ccccc2-c2c(-c3ccccc3N(c3ccc(-c4ccccc4)c(-c4ccccc4)c3)c3cccc4c3sc3ccccc34)cccc21. The number of hydrogen-bond donors (Lipinski definition) is 0. The van der Waals surface area contributed by atoms with E-state index in [0.29, 0.717) is 0 Å². The molecule has 0 aliphatic heterocycles. The van der Waals surface area contributed by atoms with E-state index >= 15 is 0 Å². The third-order valence-electron chi connectivity index (χ3n) is 11.1. The molecular weight excluding hydrogens is 659 g/mol. The van der Waals surface area contributed by atoms with E-state index in [0.717, 1.165) is 11.4 Å². The summed E-state index contributed by atoms with van der Waals surface area (Å²) in [5.41, 5.74) is 16.1. The van der Waals surface area contributed by atoms with Crippen LogP contribution in [0.4, 0.5) is 17.1 Å². The van der Waals surface area contributed by atoms with Crippen LogP contribution in [0, 0.1) is 0 Å². The van der Waals surface area contributed by atoms with Crippen LogP contribution < -0.4 is 4.90 Å². The summed E-state index contributed by atoms with van der Waals surface area (Å²) in [5, 5.41) is 2.58. The monoisotopic (exact) mass is 695 g/mol. The highest BCUT2D eigenvalue weighted by molar-refractivity contribution is 7.26. The number of para-hydroxylation sites is 1. The number of nitrogens with zero attached hydrogens (tertiary/aromatic N) is 1. The molecule has 0 N–H and O–H groups in total. The van der Waals surface area contributed by atoms with Crippen molar-refractivity contribution in [2.75, 3.05) is 4.90 Å². The molecule has 0 atom stereocenters. The molecule has 8 aromatic carbocycles. The molecule has 9 aromatic rings. The number of rotatable bonds is 6. The molecular formula is C51H37NS. The first-order chi connectivity index (χ1) is 26.1. The Morgan fingerprint density at radius 1 is 0.415 bits per heavy atom. The van der Waals surface area contributed by atoms with Gasteiger partial charge in [-0.25, -0.2) is 0 Å². The van der Waals surface area contributed by atoms with Gasteiger partial charge in [-0.15, -0.1) is 11.3 Å². The highest BCUT2D eigenvalue weighted by atomic mass is 32.1. The predicted octanol–water partition coefficient (Wildman–Crippen LogP) is 14.8. The van der Waals surface area contributed by atoms with E-state index < -0.39 is 0 Å². The molecule has 53 heavy (non-hydrogen) atoms. The van der Waals surface area contributed by atoms with Gasteiger partial charge >= 0.3 is 0 Å². The highest BCUT2D eigenvalue weighted by Gasteiger charge is 2.37. The van der Waals surface area contributed by atoms with Gasteiger partial charge in [-0.05, 0) is 80.4 Å². The fourth-order valence-corrected chi connectivity index (χ4v) is 9.80.